The van der Waals surface area contributed by atoms with Gasteiger partial charge < -0.3 is 15.1 Å². The van der Waals surface area contributed by atoms with Crippen molar-refractivity contribution < 1.29 is 0 Å². The molecule has 1 aromatic carbocycles. The fourth-order valence-corrected chi connectivity index (χ4v) is 5.39. The predicted octanol–water partition coefficient (Wildman–Crippen LogP) is 1.74. The second kappa shape index (κ2) is 6.20. The molecule has 3 unspecified atom stereocenters. The lowest BCUT2D eigenvalue weighted by Gasteiger charge is -2.56. The van der Waals surface area contributed by atoms with Gasteiger partial charge in [0.05, 0.1) is 5.69 Å². The average molecular weight is 334 g/mol. The molecule has 5 heterocycles. The Morgan fingerprint density at radius 3 is 2.36 bits per heavy atom. The second-order valence-electron chi connectivity index (χ2n) is 7.93. The van der Waals surface area contributed by atoms with Crippen LogP contribution in [0.25, 0.3) is 0 Å². The Kier molecular flexibility index (Phi) is 3.85. The van der Waals surface area contributed by atoms with E-state index >= 15 is 0 Å². The van der Waals surface area contributed by atoms with Crippen LogP contribution in [-0.4, -0.2) is 60.1 Å². The van der Waals surface area contributed by atoms with E-state index < -0.39 is 0 Å². The van der Waals surface area contributed by atoms with E-state index in [2.05, 4.69) is 62.6 Å². The third kappa shape index (κ3) is 2.69. The van der Waals surface area contributed by atoms with Crippen LogP contribution in [0.2, 0.25) is 0 Å². The smallest absolute Gasteiger partial charge is 0.0541 e. The second-order valence-corrected chi connectivity index (χ2v) is 7.93. The first-order valence-electron chi connectivity index (χ1n) is 9.47. The van der Waals surface area contributed by atoms with Gasteiger partial charge in [0, 0.05) is 69.4 Å². The summed E-state index contributed by atoms with van der Waals surface area (Å²) in [6.07, 6.45) is 1.89. The van der Waals surface area contributed by atoms with E-state index in [0.29, 0.717) is 12.0 Å². The highest BCUT2D eigenvalue weighted by Gasteiger charge is 2.54. The molecule has 25 heavy (non-hydrogen) atoms. The van der Waals surface area contributed by atoms with E-state index in [1.54, 1.807) is 0 Å². The maximum absolute atomic E-state index is 4.51. The van der Waals surface area contributed by atoms with Crippen molar-refractivity contribution in [3.8, 4) is 0 Å². The summed E-state index contributed by atoms with van der Waals surface area (Å²) in [6, 6.07) is 17.9. The molecule has 4 bridgehead atoms. The van der Waals surface area contributed by atoms with Crippen molar-refractivity contribution in [2.24, 2.45) is 5.92 Å². The highest BCUT2D eigenvalue weighted by molar-refractivity contribution is 5.33. The van der Waals surface area contributed by atoms with Crippen molar-refractivity contribution in [2.45, 2.75) is 18.0 Å². The van der Waals surface area contributed by atoms with Crippen molar-refractivity contribution in [2.75, 3.05) is 39.3 Å². The molecule has 0 radical (unpaired) electrons. The first-order chi connectivity index (χ1) is 12.3. The lowest BCUT2D eigenvalue weighted by atomic mass is 9.64. The molecular formula is C21H26N4. The van der Waals surface area contributed by atoms with Gasteiger partial charge in [0.2, 0.25) is 0 Å². The lowest BCUT2D eigenvalue weighted by molar-refractivity contribution is 0.0173. The SMILES string of the molecule is c1ccc(C23CN4CCN(CC(C4)C2NCc2ccccn2)C3)cc1. The van der Waals surface area contributed by atoms with Crippen molar-refractivity contribution >= 4 is 0 Å². The van der Waals surface area contributed by atoms with Crippen LogP contribution in [0.5, 0.6) is 0 Å². The molecule has 0 saturated carbocycles. The minimum atomic E-state index is 0.188. The molecule has 4 fully saturated rings. The molecular weight excluding hydrogens is 308 g/mol. The fraction of sp³-hybridized carbons (Fsp3) is 0.476. The summed E-state index contributed by atoms with van der Waals surface area (Å²) < 4.78 is 0. The number of aromatic nitrogens is 1. The van der Waals surface area contributed by atoms with E-state index in [4.69, 9.17) is 0 Å². The zero-order valence-electron chi connectivity index (χ0n) is 14.6. The van der Waals surface area contributed by atoms with Gasteiger partial charge in [-0.15, -0.1) is 0 Å². The maximum atomic E-state index is 4.51. The summed E-state index contributed by atoms with van der Waals surface area (Å²) in [5, 5.41) is 3.93. The lowest BCUT2D eigenvalue weighted by Crippen LogP contribution is -2.69. The van der Waals surface area contributed by atoms with E-state index in [-0.39, 0.29) is 5.41 Å². The molecule has 4 saturated heterocycles. The first-order valence-corrected chi connectivity index (χ1v) is 9.47. The molecule has 6 rings (SSSR count). The number of hydrogen-bond donors (Lipinski definition) is 1. The number of nitrogens with zero attached hydrogens (tertiary/aromatic N) is 3. The van der Waals surface area contributed by atoms with E-state index in [9.17, 15) is 0 Å². The number of fused-ring (bicyclic) bond motifs is 1. The van der Waals surface area contributed by atoms with Gasteiger partial charge in [0.15, 0.2) is 0 Å². The summed E-state index contributed by atoms with van der Waals surface area (Å²) in [5.74, 6) is 0.689. The largest absolute Gasteiger partial charge is 0.307 e. The molecule has 0 spiro atoms. The third-order valence-electron chi connectivity index (χ3n) is 6.37. The molecule has 4 aliphatic rings. The third-order valence-corrected chi connectivity index (χ3v) is 6.37. The van der Waals surface area contributed by atoms with Crippen LogP contribution < -0.4 is 5.32 Å². The first kappa shape index (κ1) is 15.5. The van der Waals surface area contributed by atoms with Gasteiger partial charge in [0.1, 0.15) is 0 Å². The number of pyridine rings is 1. The highest BCUT2D eigenvalue weighted by atomic mass is 15.3. The number of rotatable bonds is 4. The standard InChI is InChI=1S/C21H26N4/c1-2-6-18(7-3-1)21-15-24-10-11-25(16-21)14-17(13-24)20(21)23-12-19-8-4-5-9-22-19/h1-9,17,20,23H,10-16H2. The van der Waals surface area contributed by atoms with Crippen LogP contribution in [0.1, 0.15) is 11.3 Å². The average Bonchev–Trinajstić information content (AvgIpc) is 2.91. The minimum absolute atomic E-state index is 0.188. The monoisotopic (exact) mass is 334 g/mol. The summed E-state index contributed by atoms with van der Waals surface area (Å²) >= 11 is 0. The van der Waals surface area contributed by atoms with E-state index in [0.717, 1.165) is 12.2 Å². The highest BCUT2D eigenvalue weighted by Crippen LogP contribution is 2.43. The normalized spacial score (nSPS) is 36.3. The number of nitrogens with one attached hydrogen (secondary N) is 1. The molecule has 4 aliphatic heterocycles. The molecule has 4 nitrogen and oxygen atoms in total. The van der Waals surface area contributed by atoms with Gasteiger partial charge in [-0.2, -0.15) is 0 Å². The van der Waals surface area contributed by atoms with E-state index in [1.165, 1.54) is 44.8 Å². The van der Waals surface area contributed by atoms with Gasteiger partial charge in [0.25, 0.3) is 0 Å². The van der Waals surface area contributed by atoms with Crippen LogP contribution in [-0.2, 0) is 12.0 Å². The minimum Gasteiger partial charge on any atom is -0.307 e. The van der Waals surface area contributed by atoms with Gasteiger partial charge in [-0.25, -0.2) is 0 Å². The van der Waals surface area contributed by atoms with Gasteiger partial charge in [-0.3, -0.25) is 4.98 Å². The van der Waals surface area contributed by atoms with Crippen LogP contribution >= 0.6 is 0 Å². The zero-order valence-corrected chi connectivity index (χ0v) is 14.6. The molecule has 2 aromatic rings. The summed E-state index contributed by atoms with van der Waals surface area (Å²) in [5.41, 5.74) is 2.82. The van der Waals surface area contributed by atoms with Gasteiger partial charge in [-0.05, 0) is 17.7 Å². The summed E-state index contributed by atoms with van der Waals surface area (Å²) in [6.45, 7) is 8.09. The maximum Gasteiger partial charge on any atom is 0.0541 e. The Morgan fingerprint density at radius 1 is 0.960 bits per heavy atom. The molecule has 1 aromatic heterocycles. The molecule has 130 valence electrons. The van der Waals surface area contributed by atoms with E-state index in [1.807, 2.05) is 12.3 Å². The summed E-state index contributed by atoms with van der Waals surface area (Å²) in [7, 11) is 0. The van der Waals surface area contributed by atoms with Crippen molar-refractivity contribution in [1.82, 2.24) is 20.1 Å². The molecule has 0 aliphatic carbocycles. The molecule has 3 atom stereocenters. The number of piperidine rings is 2. The molecule has 4 heteroatoms. The van der Waals surface area contributed by atoms with Crippen molar-refractivity contribution in [1.29, 1.82) is 0 Å². The van der Waals surface area contributed by atoms with Gasteiger partial charge in [-0.1, -0.05) is 36.4 Å². The number of hydrogen-bond acceptors (Lipinski definition) is 4. The van der Waals surface area contributed by atoms with Crippen LogP contribution in [0.3, 0.4) is 0 Å². The Balaban J connectivity index is 1.49. The van der Waals surface area contributed by atoms with Crippen LogP contribution in [0.4, 0.5) is 0 Å². The number of benzene rings is 1. The Labute approximate surface area is 149 Å². The topological polar surface area (TPSA) is 31.4 Å². The molecule has 0 amide bonds. The van der Waals surface area contributed by atoms with Crippen molar-refractivity contribution in [3.05, 3.63) is 66.0 Å². The summed E-state index contributed by atoms with van der Waals surface area (Å²) in [4.78, 5) is 9.91. The van der Waals surface area contributed by atoms with Crippen molar-refractivity contribution in [3.63, 3.8) is 0 Å². The Morgan fingerprint density at radius 2 is 1.68 bits per heavy atom. The van der Waals surface area contributed by atoms with Gasteiger partial charge >= 0.3 is 0 Å². The predicted molar refractivity (Wildman–Crippen MR) is 99.4 cm³/mol. The molecule has 1 N–H and O–H groups in total. The zero-order chi connectivity index (χ0) is 16.7. The Bertz CT molecular complexity index is 701. The quantitative estimate of drug-likeness (QED) is 0.923. The fourth-order valence-electron chi connectivity index (χ4n) is 5.39. The van der Waals surface area contributed by atoms with Crippen LogP contribution in [0.15, 0.2) is 54.7 Å². The van der Waals surface area contributed by atoms with Crippen LogP contribution in [0, 0.1) is 5.92 Å². The Hall–Kier alpha value is -1.75.